The summed E-state index contributed by atoms with van der Waals surface area (Å²) in [6.45, 7) is 13.1. The first-order valence-electron chi connectivity index (χ1n) is 9.75. The SMILES string of the molecule is Cc1cc(C)c(NC(c2ccc(O)cc2O)P(=O)(OC(C)C)OC(C)C)c(C)c1. The van der Waals surface area contributed by atoms with E-state index in [0.29, 0.717) is 5.56 Å². The molecule has 0 aromatic heterocycles. The predicted molar refractivity (Wildman–Crippen MR) is 117 cm³/mol. The number of hydrogen-bond donors (Lipinski definition) is 3. The van der Waals surface area contributed by atoms with Crippen LogP contribution in [0.2, 0.25) is 0 Å². The van der Waals surface area contributed by atoms with Gasteiger partial charge in [-0.1, -0.05) is 17.7 Å². The van der Waals surface area contributed by atoms with Gasteiger partial charge in [-0.25, -0.2) is 0 Å². The van der Waals surface area contributed by atoms with E-state index in [2.05, 4.69) is 5.32 Å². The van der Waals surface area contributed by atoms with Crippen LogP contribution in [0.15, 0.2) is 30.3 Å². The van der Waals surface area contributed by atoms with E-state index in [9.17, 15) is 14.8 Å². The number of phenolic OH excluding ortho intramolecular Hbond substituents is 2. The summed E-state index contributed by atoms with van der Waals surface area (Å²) >= 11 is 0. The predicted octanol–water partition coefficient (Wildman–Crippen LogP) is 6.18. The number of hydrogen-bond acceptors (Lipinski definition) is 6. The third kappa shape index (κ3) is 5.75. The highest BCUT2D eigenvalue weighted by Gasteiger charge is 2.41. The van der Waals surface area contributed by atoms with Gasteiger partial charge in [-0.15, -0.1) is 0 Å². The van der Waals surface area contributed by atoms with Gasteiger partial charge in [-0.05, 0) is 71.7 Å². The van der Waals surface area contributed by atoms with E-state index in [4.69, 9.17) is 9.05 Å². The van der Waals surface area contributed by atoms with E-state index in [1.54, 1.807) is 27.7 Å². The minimum absolute atomic E-state index is 0.0860. The average molecular weight is 421 g/mol. The highest BCUT2D eigenvalue weighted by atomic mass is 31.2. The molecular formula is C22H32NO5P. The van der Waals surface area contributed by atoms with Crippen LogP contribution >= 0.6 is 7.60 Å². The van der Waals surface area contributed by atoms with Crippen LogP contribution in [0.25, 0.3) is 0 Å². The maximum atomic E-state index is 14.0. The number of aromatic hydroxyl groups is 2. The first-order chi connectivity index (χ1) is 13.4. The molecule has 0 saturated heterocycles. The van der Waals surface area contributed by atoms with Crippen LogP contribution in [0.3, 0.4) is 0 Å². The lowest BCUT2D eigenvalue weighted by Gasteiger charge is -2.32. The van der Waals surface area contributed by atoms with Crippen molar-refractivity contribution in [2.75, 3.05) is 5.32 Å². The van der Waals surface area contributed by atoms with E-state index >= 15 is 0 Å². The van der Waals surface area contributed by atoms with Gasteiger partial charge in [-0.3, -0.25) is 4.57 Å². The monoisotopic (exact) mass is 421 g/mol. The molecule has 160 valence electrons. The average Bonchev–Trinajstić information content (AvgIpc) is 2.53. The maximum absolute atomic E-state index is 14.0. The largest absolute Gasteiger partial charge is 0.508 e. The van der Waals surface area contributed by atoms with E-state index < -0.39 is 13.4 Å². The Balaban J connectivity index is 2.66. The van der Waals surface area contributed by atoms with Crippen molar-refractivity contribution < 1.29 is 23.8 Å². The summed E-state index contributed by atoms with van der Waals surface area (Å²) < 4.78 is 25.6. The van der Waals surface area contributed by atoms with Gasteiger partial charge >= 0.3 is 7.60 Å². The molecule has 0 spiro atoms. The lowest BCUT2D eigenvalue weighted by molar-refractivity contribution is 0.137. The summed E-state index contributed by atoms with van der Waals surface area (Å²) in [5, 5.41) is 23.5. The number of phenols is 2. The fraction of sp³-hybridized carbons (Fsp3) is 0.455. The standard InChI is InChI=1S/C22H32NO5P/c1-13(2)27-29(26,28-14(3)4)22(19-9-8-18(24)12-20(19)25)23-21-16(6)10-15(5)11-17(21)7/h8-14,22-25H,1-7H3. The molecule has 2 aromatic carbocycles. The second kappa shape index (κ2) is 9.21. The molecule has 6 nitrogen and oxygen atoms in total. The molecule has 2 rings (SSSR count). The van der Waals surface area contributed by atoms with Gasteiger partial charge in [0, 0.05) is 17.3 Å². The molecule has 0 aliphatic carbocycles. The summed E-state index contributed by atoms with van der Waals surface area (Å²) in [4.78, 5) is 0. The Morgan fingerprint density at radius 1 is 0.897 bits per heavy atom. The lowest BCUT2D eigenvalue weighted by Crippen LogP contribution is -2.20. The number of anilines is 1. The molecule has 0 aliphatic rings. The summed E-state index contributed by atoms with van der Waals surface area (Å²) in [7, 11) is -3.78. The molecule has 1 unspecified atom stereocenters. The molecule has 29 heavy (non-hydrogen) atoms. The van der Waals surface area contributed by atoms with E-state index in [-0.39, 0.29) is 23.7 Å². The first kappa shape index (κ1) is 23.3. The molecule has 0 bridgehead atoms. The Bertz CT molecular complexity index is 873. The van der Waals surface area contributed by atoms with Crippen LogP contribution in [0.5, 0.6) is 11.5 Å². The van der Waals surface area contributed by atoms with Crippen LogP contribution in [0.1, 0.15) is 55.7 Å². The molecule has 3 N–H and O–H groups in total. The normalized spacial score (nSPS) is 13.1. The number of rotatable bonds is 8. The van der Waals surface area contributed by atoms with Crippen molar-refractivity contribution >= 4 is 13.3 Å². The smallest absolute Gasteiger partial charge is 0.357 e. The summed E-state index contributed by atoms with van der Waals surface area (Å²) in [6.07, 6.45) is -0.716. The second-order valence-corrected chi connectivity index (χ2v) is 9.93. The minimum atomic E-state index is -3.78. The van der Waals surface area contributed by atoms with Crippen LogP contribution in [0.4, 0.5) is 5.69 Å². The van der Waals surface area contributed by atoms with Crippen molar-refractivity contribution in [2.45, 2.75) is 66.5 Å². The topological polar surface area (TPSA) is 88.0 Å². The van der Waals surface area contributed by atoms with Crippen molar-refractivity contribution in [3.8, 4) is 11.5 Å². The molecule has 0 aliphatic heterocycles. The number of aryl methyl sites for hydroxylation is 3. The molecule has 0 saturated carbocycles. The zero-order valence-corrected chi connectivity index (χ0v) is 19.1. The highest BCUT2D eigenvalue weighted by Crippen LogP contribution is 2.63. The number of nitrogens with one attached hydrogen (secondary N) is 1. The fourth-order valence-corrected chi connectivity index (χ4v) is 5.68. The minimum Gasteiger partial charge on any atom is -0.508 e. The third-order valence-corrected chi connectivity index (χ3v) is 6.77. The first-order valence-corrected chi connectivity index (χ1v) is 11.4. The molecule has 0 amide bonds. The van der Waals surface area contributed by atoms with Gasteiger partial charge in [0.2, 0.25) is 0 Å². The fourth-order valence-electron chi connectivity index (χ4n) is 3.37. The Kier molecular flexibility index (Phi) is 7.39. The molecule has 2 aromatic rings. The molecule has 7 heteroatoms. The van der Waals surface area contributed by atoms with Gasteiger partial charge < -0.3 is 24.6 Å². The molecule has 0 fully saturated rings. The number of benzene rings is 2. The third-order valence-electron chi connectivity index (χ3n) is 4.30. The Labute approximate surface area is 173 Å². The molecule has 0 radical (unpaired) electrons. The van der Waals surface area contributed by atoms with Crippen LogP contribution < -0.4 is 5.32 Å². The molecule has 0 heterocycles. The van der Waals surface area contributed by atoms with E-state index in [1.807, 2.05) is 32.9 Å². The Hall–Kier alpha value is -2.01. The molecular weight excluding hydrogens is 389 g/mol. The lowest BCUT2D eigenvalue weighted by atomic mass is 10.0. The van der Waals surface area contributed by atoms with E-state index in [0.717, 1.165) is 22.4 Å². The summed E-state index contributed by atoms with van der Waals surface area (Å²) in [5.74, 6) is -1.24. The molecule has 1 atom stereocenters. The van der Waals surface area contributed by atoms with Gasteiger partial charge in [0.25, 0.3) is 0 Å². The van der Waals surface area contributed by atoms with Crippen LogP contribution in [-0.2, 0) is 13.6 Å². The van der Waals surface area contributed by atoms with Gasteiger partial charge in [0.1, 0.15) is 11.5 Å². The Morgan fingerprint density at radius 3 is 1.86 bits per heavy atom. The van der Waals surface area contributed by atoms with Crippen molar-refractivity contribution in [3.63, 3.8) is 0 Å². The summed E-state index contributed by atoms with van der Waals surface area (Å²) in [6, 6.07) is 8.24. The van der Waals surface area contributed by atoms with Gasteiger partial charge in [-0.2, -0.15) is 0 Å². The zero-order chi connectivity index (χ0) is 21.9. The maximum Gasteiger partial charge on any atom is 0.357 e. The van der Waals surface area contributed by atoms with Crippen molar-refractivity contribution in [3.05, 3.63) is 52.6 Å². The van der Waals surface area contributed by atoms with Crippen LogP contribution in [0, 0.1) is 20.8 Å². The zero-order valence-electron chi connectivity index (χ0n) is 18.2. The van der Waals surface area contributed by atoms with Crippen LogP contribution in [-0.4, -0.2) is 22.4 Å². The van der Waals surface area contributed by atoms with E-state index in [1.165, 1.54) is 18.2 Å². The van der Waals surface area contributed by atoms with Gasteiger partial charge in [0.05, 0.1) is 12.2 Å². The van der Waals surface area contributed by atoms with Gasteiger partial charge in [0.15, 0.2) is 5.78 Å². The van der Waals surface area contributed by atoms with Crippen molar-refractivity contribution in [2.24, 2.45) is 0 Å². The quantitative estimate of drug-likeness (QED) is 0.441. The Morgan fingerprint density at radius 2 is 1.41 bits per heavy atom. The second-order valence-electron chi connectivity index (χ2n) is 7.91. The highest BCUT2D eigenvalue weighted by molar-refractivity contribution is 7.54. The van der Waals surface area contributed by atoms with Crippen molar-refractivity contribution in [1.29, 1.82) is 0 Å². The van der Waals surface area contributed by atoms with Crippen molar-refractivity contribution in [1.82, 2.24) is 0 Å². The summed E-state index contributed by atoms with van der Waals surface area (Å²) in [5.41, 5.74) is 4.20.